The Morgan fingerprint density at radius 1 is 1.35 bits per heavy atom. The van der Waals surface area contributed by atoms with E-state index in [1.165, 1.54) is 12.8 Å². The Bertz CT molecular complexity index is 487. The van der Waals surface area contributed by atoms with Gasteiger partial charge in [0, 0.05) is 37.8 Å². The van der Waals surface area contributed by atoms with Crippen molar-refractivity contribution in [3.05, 3.63) is 28.0 Å². The lowest BCUT2D eigenvalue weighted by molar-refractivity contribution is 0.157. The molecule has 0 aromatic heterocycles. The van der Waals surface area contributed by atoms with E-state index in [4.69, 9.17) is 0 Å². The molecule has 5 heteroatoms. The van der Waals surface area contributed by atoms with Crippen LogP contribution in [0.25, 0.3) is 0 Å². The van der Waals surface area contributed by atoms with Crippen LogP contribution in [0.4, 0.5) is 4.39 Å². The van der Waals surface area contributed by atoms with Gasteiger partial charge in [0.05, 0.1) is 4.47 Å². The number of nitrogens with one attached hydrogen (secondary N) is 1. The molecule has 1 saturated heterocycles. The summed E-state index contributed by atoms with van der Waals surface area (Å²) in [6, 6.07) is 3.69. The van der Waals surface area contributed by atoms with E-state index >= 15 is 0 Å². The molecule has 3 rings (SSSR count). The van der Waals surface area contributed by atoms with Gasteiger partial charge in [-0.2, -0.15) is 0 Å². The fourth-order valence-corrected chi connectivity index (χ4v) is 3.28. The minimum Gasteiger partial charge on any atom is -0.505 e. The molecule has 0 bridgehead atoms. The number of hydrogen-bond acceptors (Lipinski definition) is 3. The lowest BCUT2D eigenvalue weighted by Crippen LogP contribution is -2.45. The predicted octanol–water partition coefficient (Wildman–Crippen LogP) is 3.04. The predicted molar refractivity (Wildman–Crippen MR) is 80.3 cm³/mol. The van der Waals surface area contributed by atoms with Crippen molar-refractivity contribution in [2.24, 2.45) is 5.92 Å². The molecular weight excluding hydrogens is 323 g/mol. The maximum Gasteiger partial charge on any atom is 0.179 e. The maximum absolute atomic E-state index is 13.9. The van der Waals surface area contributed by atoms with Gasteiger partial charge >= 0.3 is 0 Å². The number of rotatable bonds is 4. The van der Waals surface area contributed by atoms with E-state index in [1.807, 2.05) is 6.07 Å². The molecule has 110 valence electrons. The summed E-state index contributed by atoms with van der Waals surface area (Å²) >= 11 is 3.13. The summed E-state index contributed by atoms with van der Waals surface area (Å²) in [6.07, 6.45) is 3.55. The first-order valence-electron chi connectivity index (χ1n) is 7.28. The molecule has 1 heterocycles. The van der Waals surface area contributed by atoms with Crippen LogP contribution in [0.15, 0.2) is 16.6 Å². The van der Waals surface area contributed by atoms with Crippen LogP contribution < -0.4 is 5.32 Å². The van der Waals surface area contributed by atoms with Crippen molar-refractivity contribution >= 4 is 15.9 Å². The molecule has 1 aliphatic heterocycles. The molecule has 1 atom stereocenters. The van der Waals surface area contributed by atoms with Crippen molar-refractivity contribution in [2.45, 2.75) is 25.3 Å². The highest BCUT2D eigenvalue weighted by Gasteiger charge is 2.32. The zero-order valence-electron chi connectivity index (χ0n) is 11.4. The second-order valence-corrected chi connectivity index (χ2v) is 6.63. The molecule has 0 radical (unpaired) electrons. The third-order valence-electron chi connectivity index (χ3n) is 4.31. The quantitative estimate of drug-likeness (QED) is 0.882. The van der Waals surface area contributed by atoms with E-state index in [0.717, 1.165) is 44.1 Å². The Morgan fingerprint density at radius 3 is 2.70 bits per heavy atom. The molecule has 2 fully saturated rings. The average Bonchev–Trinajstić information content (AvgIpc) is 3.28. The molecule has 0 spiro atoms. The largest absolute Gasteiger partial charge is 0.505 e. The van der Waals surface area contributed by atoms with Crippen LogP contribution in [0, 0.1) is 11.7 Å². The number of nitrogens with zero attached hydrogens (tertiary/aromatic N) is 1. The van der Waals surface area contributed by atoms with Crippen LogP contribution in [0.5, 0.6) is 5.75 Å². The normalized spacial score (nSPS) is 21.9. The van der Waals surface area contributed by atoms with Crippen LogP contribution in [-0.4, -0.2) is 36.2 Å². The van der Waals surface area contributed by atoms with Gasteiger partial charge in [0.15, 0.2) is 11.6 Å². The second kappa shape index (κ2) is 6.00. The smallest absolute Gasteiger partial charge is 0.179 e. The van der Waals surface area contributed by atoms with Gasteiger partial charge in [-0.25, -0.2) is 4.39 Å². The molecule has 1 aliphatic carbocycles. The van der Waals surface area contributed by atoms with Crippen molar-refractivity contribution in [1.29, 1.82) is 0 Å². The molecule has 1 aromatic rings. The molecule has 1 aromatic carbocycles. The van der Waals surface area contributed by atoms with Gasteiger partial charge in [0.25, 0.3) is 0 Å². The van der Waals surface area contributed by atoms with Crippen molar-refractivity contribution in [3.8, 4) is 5.75 Å². The minimum atomic E-state index is -0.543. The van der Waals surface area contributed by atoms with Gasteiger partial charge in [0.2, 0.25) is 0 Å². The fraction of sp³-hybridized carbons (Fsp3) is 0.600. The van der Waals surface area contributed by atoms with E-state index in [0.29, 0.717) is 4.47 Å². The summed E-state index contributed by atoms with van der Waals surface area (Å²) in [7, 11) is 0. The lowest BCUT2D eigenvalue weighted by Gasteiger charge is -2.35. The van der Waals surface area contributed by atoms with Gasteiger partial charge in [-0.15, -0.1) is 0 Å². The maximum atomic E-state index is 13.9. The van der Waals surface area contributed by atoms with Crippen molar-refractivity contribution < 1.29 is 9.50 Å². The van der Waals surface area contributed by atoms with Crippen molar-refractivity contribution in [2.75, 3.05) is 26.2 Å². The summed E-state index contributed by atoms with van der Waals surface area (Å²) in [5, 5.41) is 13.5. The number of hydrogen-bond donors (Lipinski definition) is 2. The van der Waals surface area contributed by atoms with Crippen LogP contribution in [-0.2, 0) is 0 Å². The zero-order valence-corrected chi connectivity index (χ0v) is 13.0. The number of aromatic hydroxyl groups is 1. The summed E-state index contributed by atoms with van der Waals surface area (Å²) in [6.45, 7) is 3.82. The standard InChI is InChI=1S/C15H20BrFN2O/c16-12-4-3-11(15(20)14(12)17)13(9-10-1-2-10)19-7-5-18-6-8-19/h3-4,10,13,18,20H,1-2,5-9H2/t13-/m1/s1. The molecule has 20 heavy (non-hydrogen) atoms. The second-order valence-electron chi connectivity index (χ2n) is 5.78. The minimum absolute atomic E-state index is 0.132. The Hall–Kier alpha value is -0.650. The number of halogens is 2. The van der Waals surface area contributed by atoms with Crippen LogP contribution >= 0.6 is 15.9 Å². The lowest BCUT2D eigenvalue weighted by atomic mass is 9.97. The zero-order chi connectivity index (χ0) is 14.1. The first-order valence-corrected chi connectivity index (χ1v) is 8.07. The highest BCUT2D eigenvalue weighted by Crippen LogP contribution is 2.43. The Kier molecular flexibility index (Phi) is 4.29. The summed E-state index contributed by atoms with van der Waals surface area (Å²) in [5.74, 6) is 0.00276. The van der Waals surface area contributed by atoms with Gasteiger partial charge in [-0.3, -0.25) is 4.90 Å². The SMILES string of the molecule is Oc1c([C@@H](CC2CC2)N2CCNCC2)ccc(Br)c1F. The van der Waals surface area contributed by atoms with E-state index in [1.54, 1.807) is 6.07 Å². The highest BCUT2D eigenvalue weighted by molar-refractivity contribution is 9.10. The number of phenols is 1. The van der Waals surface area contributed by atoms with Gasteiger partial charge in [-0.05, 0) is 34.3 Å². The first-order chi connectivity index (χ1) is 9.66. The third kappa shape index (κ3) is 3.00. The first kappa shape index (κ1) is 14.3. The number of piperazine rings is 1. The summed E-state index contributed by atoms with van der Waals surface area (Å²) < 4.78 is 14.3. The number of benzene rings is 1. The molecule has 2 aliphatic rings. The highest BCUT2D eigenvalue weighted by atomic mass is 79.9. The van der Waals surface area contributed by atoms with Crippen LogP contribution in [0.2, 0.25) is 0 Å². The molecule has 0 amide bonds. The van der Waals surface area contributed by atoms with E-state index in [2.05, 4.69) is 26.1 Å². The van der Waals surface area contributed by atoms with Gasteiger partial charge in [0.1, 0.15) is 0 Å². The van der Waals surface area contributed by atoms with Gasteiger partial charge < -0.3 is 10.4 Å². The third-order valence-corrected chi connectivity index (χ3v) is 4.92. The van der Waals surface area contributed by atoms with E-state index in [-0.39, 0.29) is 11.8 Å². The molecule has 2 N–H and O–H groups in total. The molecule has 3 nitrogen and oxygen atoms in total. The van der Waals surface area contributed by atoms with Crippen LogP contribution in [0.3, 0.4) is 0 Å². The van der Waals surface area contributed by atoms with Gasteiger partial charge in [-0.1, -0.05) is 18.9 Å². The van der Waals surface area contributed by atoms with E-state index < -0.39 is 5.82 Å². The number of phenolic OH excluding ortho intramolecular Hbond substituents is 1. The van der Waals surface area contributed by atoms with Crippen molar-refractivity contribution in [1.82, 2.24) is 10.2 Å². The Balaban J connectivity index is 1.89. The summed E-state index contributed by atoms with van der Waals surface area (Å²) in [5.41, 5.74) is 0.736. The molecule has 1 saturated carbocycles. The summed E-state index contributed by atoms with van der Waals surface area (Å²) in [4.78, 5) is 2.37. The molecular formula is C15H20BrFN2O. The van der Waals surface area contributed by atoms with Crippen LogP contribution in [0.1, 0.15) is 30.9 Å². The van der Waals surface area contributed by atoms with Crippen molar-refractivity contribution in [3.63, 3.8) is 0 Å². The van der Waals surface area contributed by atoms with E-state index in [9.17, 15) is 9.50 Å². The molecule has 0 unspecified atom stereocenters. The Labute approximate surface area is 127 Å². The average molecular weight is 343 g/mol. The Morgan fingerprint density at radius 2 is 2.05 bits per heavy atom. The monoisotopic (exact) mass is 342 g/mol. The fourth-order valence-electron chi connectivity index (χ4n) is 2.96. The topological polar surface area (TPSA) is 35.5 Å².